The van der Waals surface area contributed by atoms with Crippen molar-refractivity contribution in [2.45, 2.75) is 38.1 Å². The Morgan fingerprint density at radius 2 is 1.71 bits per heavy atom. The van der Waals surface area contributed by atoms with Crippen molar-refractivity contribution in [3.8, 4) is 0 Å². The molecule has 0 bridgehead atoms. The van der Waals surface area contributed by atoms with Crippen molar-refractivity contribution < 1.29 is 9.47 Å². The van der Waals surface area contributed by atoms with Crippen LogP contribution in [-0.2, 0) is 22.6 Å². The van der Waals surface area contributed by atoms with Gasteiger partial charge in [0, 0.05) is 53.7 Å². The fraction of sp³-hybridized carbons (Fsp3) is 0.333. The molecule has 0 saturated carbocycles. The molecule has 2 aromatic carbocycles. The van der Waals surface area contributed by atoms with Gasteiger partial charge in [-0.1, -0.05) is 36.4 Å². The molecule has 1 unspecified atom stereocenters. The van der Waals surface area contributed by atoms with E-state index in [1.807, 2.05) is 0 Å². The predicted octanol–water partition coefficient (Wildman–Crippen LogP) is 4.89. The SMILES string of the molecule is c1ccc2c(c1)cc1n2CCC1c1cn(CCC2OCCO2)c2ccccc12. The predicted molar refractivity (Wildman–Crippen MR) is 111 cm³/mol. The molecule has 28 heavy (non-hydrogen) atoms. The molecule has 0 N–H and O–H groups in total. The van der Waals surface area contributed by atoms with Crippen molar-refractivity contribution in [2.24, 2.45) is 0 Å². The fourth-order valence-electron chi connectivity index (χ4n) is 5.05. The van der Waals surface area contributed by atoms with E-state index in [4.69, 9.17) is 9.47 Å². The Morgan fingerprint density at radius 1 is 0.929 bits per heavy atom. The molecule has 4 aromatic rings. The highest BCUT2D eigenvalue weighted by atomic mass is 16.7. The second-order valence-electron chi connectivity index (χ2n) is 7.88. The summed E-state index contributed by atoms with van der Waals surface area (Å²) in [5.41, 5.74) is 5.57. The molecule has 6 rings (SSSR count). The summed E-state index contributed by atoms with van der Waals surface area (Å²) >= 11 is 0. The molecule has 2 aliphatic rings. The van der Waals surface area contributed by atoms with Gasteiger partial charge in [0.05, 0.1) is 13.2 Å². The van der Waals surface area contributed by atoms with Gasteiger partial charge in [0.2, 0.25) is 0 Å². The lowest BCUT2D eigenvalue weighted by Crippen LogP contribution is -2.11. The third-order valence-electron chi connectivity index (χ3n) is 6.33. The maximum atomic E-state index is 5.63. The molecule has 0 spiro atoms. The average molecular weight is 372 g/mol. The third-order valence-corrected chi connectivity index (χ3v) is 6.33. The first kappa shape index (κ1) is 16.4. The molecule has 0 amide bonds. The van der Waals surface area contributed by atoms with E-state index in [9.17, 15) is 0 Å². The van der Waals surface area contributed by atoms with Gasteiger partial charge in [0.25, 0.3) is 0 Å². The van der Waals surface area contributed by atoms with Crippen LogP contribution < -0.4 is 0 Å². The quantitative estimate of drug-likeness (QED) is 0.510. The Kier molecular flexibility index (Phi) is 3.81. The largest absolute Gasteiger partial charge is 0.350 e. The first-order valence-electron chi connectivity index (χ1n) is 10.3. The number of hydrogen-bond acceptors (Lipinski definition) is 2. The lowest BCUT2D eigenvalue weighted by atomic mass is 9.94. The molecule has 0 radical (unpaired) electrons. The number of aryl methyl sites for hydroxylation is 2. The Labute approximate surface area is 164 Å². The molecule has 4 nitrogen and oxygen atoms in total. The van der Waals surface area contributed by atoms with E-state index < -0.39 is 0 Å². The summed E-state index contributed by atoms with van der Waals surface area (Å²) in [6.45, 7) is 3.45. The molecule has 1 atom stereocenters. The molecule has 1 fully saturated rings. The smallest absolute Gasteiger partial charge is 0.159 e. The highest BCUT2D eigenvalue weighted by molar-refractivity contribution is 5.86. The highest BCUT2D eigenvalue weighted by Gasteiger charge is 2.28. The maximum absolute atomic E-state index is 5.63. The van der Waals surface area contributed by atoms with Crippen molar-refractivity contribution in [3.63, 3.8) is 0 Å². The minimum Gasteiger partial charge on any atom is -0.350 e. The maximum Gasteiger partial charge on any atom is 0.159 e. The highest BCUT2D eigenvalue weighted by Crippen LogP contribution is 2.41. The molecule has 0 aliphatic carbocycles. The minimum absolute atomic E-state index is 0.0568. The van der Waals surface area contributed by atoms with E-state index in [1.165, 1.54) is 39.5 Å². The summed E-state index contributed by atoms with van der Waals surface area (Å²) < 4.78 is 16.2. The van der Waals surface area contributed by atoms with Crippen molar-refractivity contribution in [2.75, 3.05) is 13.2 Å². The number of fused-ring (bicyclic) bond motifs is 4. The number of rotatable bonds is 4. The van der Waals surface area contributed by atoms with Gasteiger partial charge in [0.15, 0.2) is 6.29 Å². The van der Waals surface area contributed by atoms with Crippen LogP contribution in [0.15, 0.2) is 60.8 Å². The van der Waals surface area contributed by atoms with Crippen LogP contribution >= 0.6 is 0 Å². The number of ether oxygens (including phenoxy) is 2. The summed E-state index contributed by atoms with van der Waals surface area (Å²) in [4.78, 5) is 0. The number of benzene rings is 2. The lowest BCUT2D eigenvalue weighted by molar-refractivity contribution is -0.0488. The van der Waals surface area contributed by atoms with E-state index in [0.29, 0.717) is 5.92 Å². The van der Waals surface area contributed by atoms with Crippen LogP contribution in [-0.4, -0.2) is 28.6 Å². The molecule has 4 heteroatoms. The van der Waals surface area contributed by atoms with Gasteiger partial charge in [-0.25, -0.2) is 0 Å². The molecule has 2 aliphatic heterocycles. The second-order valence-corrected chi connectivity index (χ2v) is 7.88. The topological polar surface area (TPSA) is 28.3 Å². The summed E-state index contributed by atoms with van der Waals surface area (Å²) in [7, 11) is 0. The Morgan fingerprint density at radius 3 is 2.61 bits per heavy atom. The fourth-order valence-corrected chi connectivity index (χ4v) is 5.05. The molecule has 1 saturated heterocycles. The van der Waals surface area contributed by atoms with Crippen molar-refractivity contribution in [1.29, 1.82) is 0 Å². The zero-order valence-corrected chi connectivity index (χ0v) is 15.9. The second kappa shape index (κ2) is 6.50. The monoisotopic (exact) mass is 372 g/mol. The van der Waals surface area contributed by atoms with Crippen LogP contribution in [0.1, 0.15) is 30.0 Å². The Hall–Kier alpha value is -2.56. The van der Waals surface area contributed by atoms with Crippen LogP contribution in [0.4, 0.5) is 0 Å². The van der Waals surface area contributed by atoms with E-state index in [-0.39, 0.29) is 6.29 Å². The normalized spacial score (nSPS) is 19.8. The molecule has 142 valence electrons. The lowest BCUT2D eigenvalue weighted by Gasteiger charge is -2.10. The van der Waals surface area contributed by atoms with Crippen LogP contribution in [0.5, 0.6) is 0 Å². The average Bonchev–Trinajstić information content (AvgIpc) is 3.49. The van der Waals surface area contributed by atoms with Gasteiger partial charge in [-0.2, -0.15) is 0 Å². The first-order valence-corrected chi connectivity index (χ1v) is 10.3. The number of para-hydroxylation sites is 2. The molecule has 4 heterocycles. The van der Waals surface area contributed by atoms with E-state index in [2.05, 4.69) is 69.9 Å². The van der Waals surface area contributed by atoms with Crippen LogP contribution in [0, 0.1) is 0 Å². The standard InChI is InChI=1S/C24H24N2O2/c1-3-7-21-17(5-1)15-23-19(9-12-26(21)23)20-16-25(11-10-24-27-13-14-28-24)22-8-4-2-6-18(20)22/h1-8,15-16,19,24H,9-14H2. The number of nitrogens with zero attached hydrogens (tertiary/aromatic N) is 2. The summed E-state index contributed by atoms with van der Waals surface area (Å²) in [6, 6.07) is 19.9. The first-order chi connectivity index (χ1) is 13.9. The Bertz CT molecular complexity index is 1150. The van der Waals surface area contributed by atoms with Crippen molar-refractivity contribution in [3.05, 3.63) is 72.1 Å². The zero-order valence-electron chi connectivity index (χ0n) is 15.9. The van der Waals surface area contributed by atoms with E-state index in [1.54, 1.807) is 0 Å². The minimum atomic E-state index is -0.0568. The van der Waals surface area contributed by atoms with Gasteiger partial charge in [0.1, 0.15) is 0 Å². The van der Waals surface area contributed by atoms with E-state index >= 15 is 0 Å². The molecular formula is C24H24N2O2. The van der Waals surface area contributed by atoms with E-state index in [0.717, 1.165) is 32.7 Å². The van der Waals surface area contributed by atoms with Crippen LogP contribution in [0.3, 0.4) is 0 Å². The summed E-state index contributed by atoms with van der Waals surface area (Å²) in [5.74, 6) is 0.456. The third kappa shape index (κ3) is 2.52. The van der Waals surface area contributed by atoms with Gasteiger partial charge >= 0.3 is 0 Å². The number of aromatic nitrogens is 2. The number of hydrogen-bond donors (Lipinski definition) is 0. The van der Waals surface area contributed by atoms with Gasteiger partial charge in [-0.3, -0.25) is 0 Å². The van der Waals surface area contributed by atoms with Gasteiger partial charge in [-0.05, 0) is 35.6 Å². The summed E-state index contributed by atoms with van der Waals surface area (Å²) in [6.07, 6.45) is 4.38. The van der Waals surface area contributed by atoms with Gasteiger partial charge < -0.3 is 18.6 Å². The summed E-state index contributed by atoms with van der Waals surface area (Å²) in [5, 5.41) is 2.72. The van der Waals surface area contributed by atoms with Crippen LogP contribution in [0.2, 0.25) is 0 Å². The molecular weight excluding hydrogens is 348 g/mol. The molecule has 2 aromatic heterocycles. The zero-order chi connectivity index (χ0) is 18.5. The van der Waals surface area contributed by atoms with Crippen molar-refractivity contribution >= 4 is 21.8 Å². The van der Waals surface area contributed by atoms with Gasteiger partial charge in [-0.15, -0.1) is 0 Å². The Balaban J connectivity index is 1.40. The van der Waals surface area contributed by atoms with Crippen LogP contribution in [0.25, 0.3) is 21.8 Å². The van der Waals surface area contributed by atoms with Crippen molar-refractivity contribution in [1.82, 2.24) is 9.13 Å².